The maximum atomic E-state index is 13.4. The lowest BCUT2D eigenvalue weighted by atomic mass is 10.1. The maximum Gasteiger partial charge on any atom is 0.296 e. The van der Waals surface area contributed by atoms with Crippen molar-refractivity contribution in [3.8, 4) is 0 Å². The second kappa shape index (κ2) is 6.56. The van der Waals surface area contributed by atoms with Crippen molar-refractivity contribution in [2.45, 2.75) is 6.92 Å². The first-order valence-electron chi connectivity index (χ1n) is 7.44. The molecule has 0 bridgehead atoms. The van der Waals surface area contributed by atoms with Crippen molar-refractivity contribution in [1.82, 2.24) is 4.98 Å². The summed E-state index contributed by atoms with van der Waals surface area (Å²) in [6, 6.07) is 10.3. The number of benzene rings is 2. The maximum absolute atomic E-state index is 13.4. The number of H-pyrrole nitrogens is 1. The fourth-order valence-corrected chi connectivity index (χ4v) is 2.43. The Hall–Kier alpha value is -3.48. The number of nitrogens with one attached hydrogen (secondary N) is 3. The molecule has 0 spiro atoms. The molecule has 0 atom stereocenters. The molecule has 0 radical (unpaired) electrons. The molecule has 1 heterocycles. The van der Waals surface area contributed by atoms with Gasteiger partial charge in [-0.05, 0) is 42.5 Å². The third kappa shape index (κ3) is 3.55. The molecule has 0 unspecified atom stereocenters. The van der Waals surface area contributed by atoms with Crippen LogP contribution in [0.3, 0.4) is 0 Å². The van der Waals surface area contributed by atoms with E-state index >= 15 is 0 Å². The Labute approximate surface area is 142 Å². The molecule has 126 valence electrons. The number of ketones is 1. The Morgan fingerprint density at radius 2 is 1.60 bits per heavy atom. The van der Waals surface area contributed by atoms with E-state index in [0.29, 0.717) is 22.3 Å². The Bertz CT molecular complexity index is 977. The van der Waals surface area contributed by atoms with Gasteiger partial charge in [-0.3, -0.25) is 14.4 Å². The van der Waals surface area contributed by atoms with Gasteiger partial charge in [-0.1, -0.05) is 0 Å². The lowest BCUT2D eigenvalue weighted by Gasteiger charge is -2.06. The van der Waals surface area contributed by atoms with E-state index in [1.54, 1.807) is 24.3 Å². The number of anilines is 2. The van der Waals surface area contributed by atoms with Gasteiger partial charge in [0.15, 0.2) is 0 Å². The Morgan fingerprint density at radius 1 is 0.960 bits per heavy atom. The number of aromatic nitrogens is 1. The van der Waals surface area contributed by atoms with Crippen molar-refractivity contribution in [2.24, 2.45) is 0 Å². The summed E-state index contributed by atoms with van der Waals surface area (Å²) in [5, 5.41) is 5.43. The number of carbonyl (C=O) groups excluding carboxylic acids is 3. The molecular formula is C18H14FN3O3. The molecule has 1 aromatic heterocycles. The Morgan fingerprint density at radius 3 is 2.24 bits per heavy atom. The number of hydrogen-bond donors (Lipinski definition) is 3. The fraction of sp³-hybridized carbons (Fsp3) is 0.0556. The summed E-state index contributed by atoms with van der Waals surface area (Å²) in [7, 11) is 0. The van der Waals surface area contributed by atoms with Crippen LogP contribution >= 0.6 is 0 Å². The monoisotopic (exact) mass is 339 g/mol. The molecule has 0 aliphatic carbocycles. The van der Waals surface area contributed by atoms with Crippen LogP contribution in [0, 0.1) is 5.82 Å². The predicted molar refractivity (Wildman–Crippen MR) is 92.0 cm³/mol. The summed E-state index contributed by atoms with van der Waals surface area (Å²) in [6.07, 6.45) is 1.38. The average molecular weight is 339 g/mol. The van der Waals surface area contributed by atoms with Crippen molar-refractivity contribution in [2.75, 3.05) is 10.6 Å². The van der Waals surface area contributed by atoms with E-state index in [0.717, 1.165) is 0 Å². The van der Waals surface area contributed by atoms with Crippen LogP contribution in [0.1, 0.15) is 17.3 Å². The van der Waals surface area contributed by atoms with E-state index in [1.165, 1.54) is 31.3 Å². The summed E-state index contributed by atoms with van der Waals surface area (Å²) in [4.78, 5) is 38.3. The van der Waals surface area contributed by atoms with Gasteiger partial charge in [0.1, 0.15) is 5.82 Å². The zero-order valence-corrected chi connectivity index (χ0v) is 13.2. The molecule has 6 nitrogen and oxygen atoms in total. The third-order valence-corrected chi connectivity index (χ3v) is 3.56. The van der Waals surface area contributed by atoms with Gasteiger partial charge in [-0.2, -0.15) is 0 Å². The largest absolute Gasteiger partial charge is 0.360 e. The van der Waals surface area contributed by atoms with E-state index in [9.17, 15) is 18.8 Å². The second-order valence-corrected chi connectivity index (χ2v) is 5.43. The molecule has 25 heavy (non-hydrogen) atoms. The zero-order chi connectivity index (χ0) is 18.0. The normalized spacial score (nSPS) is 10.5. The minimum Gasteiger partial charge on any atom is -0.360 e. The van der Waals surface area contributed by atoms with E-state index < -0.39 is 17.5 Å². The van der Waals surface area contributed by atoms with Crippen molar-refractivity contribution in [3.05, 3.63) is 60.0 Å². The molecule has 2 amide bonds. The number of amides is 2. The standard InChI is InChI=1S/C18H14FN3O3/c1-10(23)21-12-3-5-13(6-4-12)22-18(25)17(24)15-9-20-16-7-2-11(19)8-14(15)16/h2-9,20H,1H3,(H,21,23)(H,22,25). The topological polar surface area (TPSA) is 91.1 Å². The molecular weight excluding hydrogens is 325 g/mol. The summed E-state index contributed by atoms with van der Waals surface area (Å²) < 4.78 is 13.4. The first-order chi connectivity index (χ1) is 11.9. The quantitative estimate of drug-likeness (QED) is 0.504. The third-order valence-electron chi connectivity index (χ3n) is 3.56. The van der Waals surface area contributed by atoms with Crippen LogP contribution in [0.2, 0.25) is 0 Å². The van der Waals surface area contributed by atoms with E-state index in [-0.39, 0.29) is 11.5 Å². The number of Topliss-reactive ketones (excluding diaryl/α,β-unsaturated/α-hetero) is 1. The average Bonchev–Trinajstić information content (AvgIpc) is 2.98. The van der Waals surface area contributed by atoms with Gasteiger partial charge in [-0.25, -0.2) is 4.39 Å². The van der Waals surface area contributed by atoms with E-state index in [2.05, 4.69) is 15.6 Å². The van der Waals surface area contributed by atoms with Gasteiger partial charge in [0.25, 0.3) is 11.7 Å². The van der Waals surface area contributed by atoms with Crippen LogP contribution in [0.25, 0.3) is 10.9 Å². The van der Waals surface area contributed by atoms with Crippen LogP contribution < -0.4 is 10.6 Å². The number of hydrogen-bond acceptors (Lipinski definition) is 3. The van der Waals surface area contributed by atoms with Crippen LogP contribution in [-0.4, -0.2) is 22.6 Å². The highest BCUT2D eigenvalue weighted by molar-refractivity contribution is 6.48. The van der Waals surface area contributed by atoms with E-state index in [1.807, 2.05) is 0 Å². The first-order valence-corrected chi connectivity index (χ1v) is 7.44. The number of halogens is 1. The molecule has 0 saturated heterocycles. The Balaban J connectivity index is 1.77. The minimum atomic E-state index is -0.836. The van der Waals surface area contributed by atoms with Gasteiger partial charge >= 0.3 is 0 Å². The Kier molecular flexibility index (Phi) is 4.30. The first kappa shape index (κ1) is 16.4. The summed E-state index contributed by atoms with van der Waals surface area (Å²) in [5.41, 5.74) is 1.64. The van der Waals surface area contributed by atoms with Crippen molar-refractivity contribution in [1.29, 1.82) is 0 Å². The summed E-state index contributed by atoms with van der Waals surface area (Å²) >= 11 is 0. The zero-order valence-electron chi connectivity index (χ0n) is 13.2. The van der Waals surface area contributed by atoms with Gasteiger partial charge in [0.2, 0.25) is 5.91 Å². The van der Waals surface area contributed by atoms with Crippen LogP contribution in [0.15, 0.2) is 48.7 Å². The fourth-order valence-electron chi connectivity index (χ4n) is 2.43. The van der Waals surface area contributed by atoms with Crippen molar-refractivity contribution >= 4 is 39.9 Å². The molecule has 0 fully saturated rings. The predicted octanol–water partition coefficient (Wildman–Crippen LogP) is 3.09. The van der Waals surface area contributed by atoms with Crippen LogP contribution in [0.5, 0.6) is 0 Å². The van der Waals surface area contributed by atoms with Gasteiger partial charge in [0.05, 0.1) is 5.56 Å². The summed E-state index contributed by atoms with van der Waals surface area (Å²) in [5.74, 6) is -2.31. The number of aromatic amines is 1. The molecule has 0 saturated carbocycles. The van der Waals surface area contributed by atoms with Crippen LogP contribution in [0.4, 0.5) is 15.8 Å². The molecule has 2 aromatic carbocycles. The van der Waals surface area contributed by atoms with Gasteiger partial charge in [0, 0.05) is 35.4 Å². The van der Waals surface area contributed by atoms with Gasteiger partial charge < -0.3 is 15.6 Å². The minimum absolute atomic E-state index is 0.0990. The number of fused-ring (bicyclic) bond motifs is 1. The molecule has 3 N–H and O–H groups in total. The summed E-state index contributed by atoms with van der Waals surface area (Å²) in [6.45, 7) is 1.39. The smallest absolute Gasteiger partial charge is 0.296 e. The van der Waals surface area contributed by atoms with Crippen molar-refractivity contribution in [3.63, 3.8) is 0 Å². The molecule has 0 aliphatic rings. The SMILES string of the molecule is CC(=O)Nc1ccc(NC(=O)C(=O)c2c[nH]c3ccc(F)cc23)cc1. The van der Waals surface area contributed by atoms with Crippen molar-refractivity contribution < 1.29 is 18.8 Å². The molecule has 0 aliphatic heterocycles. The molecule has 7 heteroatoms. The number of rotatable bonds is 4. The molecule has 3 rings (SSSR count). The lowest BCUT2D eigenvalue weighted by Crippen LogP contribution is -2.22. The highest BCUT2D eigenvalue weighted by Gasteiger charge is 2.20. The highest BCUT2D eigenvalue weighted by atomic mass is 19.1. The van der Waals surface area contributed by atoms with Gasteiger partial charge in [-0.15, -0.1) is 0 Å². The van der Waals surface area contributed by atoms with E-state index in [4.69, 9.17) is 0 Å². The lowest BCUT2D eigenvalue weighted by molar-refractivity contribution is -0.114. The molecule has 3 aromatic rings. The number of carbonyl (C=O) groups is 3. The highest BCUT2D eigenvalue weighted by Crippen LogP contribution is 2.21. The second-order valence-electron chi connectivity index (χ2n) is 5.43. The van der Waals surface area contributed by atoms with Crippen LogP contribution in [-0.2, 0) is 9.59 Å².